The van der Waals surface area contributed by atoms with Crippen LogP contribution in [0.1, 0.15) is 64.6 Å². The van der Waals surface area contributed by atoms with E-state index >= 15 is 0 Å². The second kappa shape index (κ2) is 5.59. The molecule has 0 radical (unpaired) electrons. The minimum absolute atomic E-state index is 0.122. The molecule has 0 saturated heterocycles. The second-order valence-corrected chi connectivity index (χ2v) is 7.38. The maximum absolute atomic E-state index is 12.0. The summed E-state index contributed by atoms with van der Waals surface area (Å²) < 4.78 is 0. The third-order valence-corrected chi connectivity index (χ3v) is 4.05. The highest BCUT2D eigenvalue weighted by molar-refractivity contribution is 5.81. The summed E-state index contributed by atoms with van der Waals surface area (Å²) in [7, 11) is 0. The van der Waals surface area contributed by atoms with Crippen molar-refractivity contribution < 1.29 is 4.79 Å². The lowest BCUT2D eigenvalue weighted by molar-refractivity contribution is -0.123. The van der Waals surface area contributed by atoms with Crippen LogP contribution in [0.15, 0.2) is 24.3 Å². The fraction of sp³-hybridized carbons (Fsp3) is 0.611. The third-order valence-electron chi connectivity index (χ3n) is 4.05. The van der Waals surface area contributed by atoms with Crippen LogP contribution in [0, 0.1) is 11.8 Å². The van der Waals surface area contributed by atoms with Crippen LogP contribution in [-0.4, -0.2) is 5.91 Å². The van der Waals surface area contributed by atoms with Gasteiger partial charge in [0, 0.05) is 5.92 Å². The van der Waals surface area contributed by atoms with Crippen molar-refractivity contribution in [3.05, 3.63) is 35.4 Å². The van der Waals surface area contributed by atoms with Gasteiger partial charge in [0.2, 0.25) is 5.91 Å². The van der Waals surface area contributed by atoms with Gasteiger partial charge < -0.3 is 5.32 Å². The van der Waals surface area contributed by atoms with E-state index in [1.807, 2.05) is 0 Å². The first-order chi connectivity index (χ1) is 9.29. The van der Waals surface area contributed by atoms with E-state index in [1.165, 1.54) is 11.1 Å². The normalized spacial score (nSPS) is 17.1. The highest BCUT2D eigenvalue weighted by Gasteiger charge is 2.31. The molecule has 1 aliphatic rings. The fourth-order valence-electron chi connectivity index (χ4n) is 2.44. The zero-order valence-corrected chi connectivity index (χ0v) is 13.4. The van der Waals surface area contributed by atoms with Crippen molar-refractivity contribution in [2.24, 2.45) is 11.8 Å². The zero-order chi connectivity index (χ0) is 14.9. The highest BCUT2D eigenvalue weighted by Crippen LogP contribution is 2.31. The monoisotopic (exact) mass is 273 g/mol. The molecule has 1 fully saturated rings. The second-order valence-electron chi connectivity index (χ2n) is 7.38. The van der Waals surface area contributed by atoms with Crippen molar-refractivity contribution >= 4 is 5.91 Å². The van der Waals surface area contributed by atoms with Crippen molar-refractivity contribution in [2.75, 3.05) is 0 Å². The average Bonchev–Trinajstić information content (AvgIpc) is 3.18. The van der Waals surface area contributed by atoms with Crippen LogP contribution in [0.2, 0.25) is 0 Å². The van der Waals surface area contributed by atoms with Crippen molar-refractivity contribution in [1.82, 2.24) is 5.32 Å². The molecule has 1 amide bonds. The third kappa shape index (κ3) is 3.62. The van der Waals surface area contributed by atoms with Crippen LogP contribution in [0.25, 0.3) is 0 Å². The molecule has 0 bridgehead atoms. The summed E-state index contributed by atoms with van der Waals surface area (Å²) in [4.78, 5) is 12.0. The SMILES string of the molecule is CC(C)C(NC(=O)C1CC1)c1ccc(C(C)(C)C)cc1. The summed E-state index contributed by atoms with van der Waals surface area (Å²) in [5.74, 6) is 0.895. The van der Waals surface area contributed by atoms with Crippen LogP contribution >= 0.6 is 0 Å². The molecular formula is C18H27NO. The number of hydrogen-bond donors (Lipinski definition) is 1. The van der Waals surface area contributed by atoms with E-state index in [0.717, 1.165) is 12.8 Å². The van der Waals surface area contributed by atoms with E-state index in [9.17, 15) is 4.79 Å². The Morgan fingerprint density at radius 1 is 1.15 bits per heavy atom. The molecule has 20 heavy (non-hydrogen) atoms. The first-order valence-corrected chi connectivity index (χ1v) is 7.70. The maximum Gasteiger partial charge on any atom is 0.223 e. The molecule has 1 aromatic carbocycles. The molecule has 1 aliphatic carbocycles. The van der Waals surface area contributed by atoms with Crippen molar-refractivity contribution in [2.45, 2.75) is 58.9 Å². The van der Waals surface area contributed by atoms with Gasteiger partial charge in [-0.05, 0) is 35.3 Å². The Labute approximate surface area is 123 Å². The van der Waals surface area contributed by atoms with Crippen molar-refractivity contribution in [3.63, 3.8) is 0 Å². The Balaban J connectivity index is 2.14. The van der Waals surface area contributed by atoms with Crippen LogP contribution in [0.4, 0.5) is 0 Å². The van der Waals surface area contributed by atoms with Gasteiger partial charge in [-0.2, -0.15) is 0 Å². The fourth-order valence-corrected chi connectivity index (χ4v) is 2.44. The Morgan fingerprint density at radius 2 is 1.70 bits per heavy atom. The molecule has 0 aromatic heterocycles. The molecule has 0 aliphatic heterocycles. The molecule has 1 unspecified atom stereocenters. The Bertz CT molecular complexity index is 463. The number of hydrogen-bond acceptors (Lipinski definition) is 1. The largest absolute Gasteiger partial charge is 0.349 e. The van der Waals surface area contributed by atoms with Gasteiger partial charge in [-0.15, -0.1) is 0 Å². The number of amides is 1. The Morgan fingerprint density at radius 3 is 2.10 bits per heavy atom. The van der Waals surface area contributed by atoms with Crippen molar-refractivity contribution in [3.8, 4) is 0 Å². The smallest absolute Gasteiger partial charge is 0.223 e. The first kappa shape index (κ1) is 15.1. The molecule has 1 saturated carbocycles. The van der Waals surface area contributed by atoms with Crippen LogP contribution in [0.3, 0.4) is 0 Å². The van der Waals surface area contributed by atoms with Crippen LogP contribution < -0.4 is 5.32 Å². The van der Waals surface area contributed by atoms with Gasteiger partial charge in [0.15, 0.2) is 0 Å². The van der Waals surface area contributed by atoms with Crippen molar-refractivity contribution in [1.29, 1.82) is 0 Å². The quantitative estimate of drug-likeness (QED) is 0.875. The lowest BCUT2D eigenvalue weighted by Crippen LogP contribution is -2.32. The lowest BCUT2D eigenvalue weighted by Gasteiger charge is -2.25. The highest BCUT2D eigenvalue weighted by atomic mass is 16.2. The molecule has 110 valence electrons. The van der Waals surface area contributed by atoms with E-state index in [0.29, 0.717) is 5.92 Å². The summed E-state index contributed by atoms with van der Waals surface area (Å²) in [6.07, 6.45) is 2.11. The summed E-state index contributed by atoms with van der Waals surface area (Å²) in [6, 6.07) is 8.83. The van der Waals surface area contributed by atoms with Gasteiger partial charge in [0.1, 0.15) is 0 Å². The predicted molar refractivity (Wildman–Crippen MR) is 83.6 cm³/mol. The lowest BCUT2D eigenvalue weighted by atomic mass is 9.85. The minimum Gasteiger partial charge on any atom is -0.349 e. The Kier molecular flexibility index (Phi) is 4.22. The van der Waals surface area contributed by atoms with Crippen LogP contribution in [-0.2, 0) is 10.2 Å². The molecule has 1 N–H and O–H groups in total. The maximum atomic E-state index is 12.0. The van der Waals surface area contributed by atoms with Gasteiger partial charge in [-0.3, -0.25) is 4.79 Å². The molecule has 0 heterocycles. The molecule has 1 atom stereocenters. The topological polar surface area (TPSA) is 29.1 Å². The summed E-state index contributed by atoms with van der Waals surface area (Å²) in [5, 5.41) is 3.21. The van der Waals surface area contributed by atoms with E-state index in [4.69, 9.17) is 0 Å². The minimum atomic E-state index is 0.122. The van der Waals surface area contributed by atoms with E-state index in [1.54, 1.807) is 0 Å². The van der Waals surface area contributed by atoms with E-state index in [-0.39, 0.29) is 23.3 Å². The summed E-state index contributed by atoms with van der Waals surface area (Å²) in [5.41, 5.74) is 2.71. The first-order valence-electron chi connectivity index (χ1n) is 7.70. The van der Waals surface area contributed by atoms with E-state index < -0.39 is 0 Å². The standard InChI is InChI=1S/C18H27NO/c1-12(2)16(19-17(20)14-6-7-14)13-8-10-15(11-9-13)18(3,4)5/h8-12,14,16H,6-7H2,1-5H3,(H,19,20). The number of carbonyl (C=O) groups is 1. The molecule has 2 heteroatoms. The zero-order valence-electron chi connectivity index (χ0n) is 13.4. The summed E-state index contributed by atoms with van der Waals surface area (Å²) in [6.45, 7) is 11.0. The molecule has 2 rings (SSSR count). The van der Waals surface area contributed by atoms with Gasteiger partial charge in [0.25, 0.3) is 0 Å². The average molecular weight is 273 g/mol. The number of carbonyl (C=O) groups excluding carboxylic acids is 1. The molecule has 2 nitrogen and oxygen atoms in total. The number of benzene rings is 1. The summed E-state index contributed by atoms with van der Waals surface area (Å²) >= 11 is 0. The number of rotatable bonds is 4. The number of nitrogens with one attached hydrogen (secondary N) is 1. The predicted octanol–water partition coefficient (Wildman–Crippen LogP) is 4.21. The van der Waals surface area contributed by atoms with Gasteiger partial charge in [-0.25, -0.2) is 0 Å². The molecule has 0 spiro atoms. The molecule has 1 aromatic rings. The molecular weight excluding hydrogens is 246 g/mol. The van der Waals surface area contributed by atoms with Gasteiger partial charge in [0.05, 0.1) is 6.04 Å². The van der Waals surface area contributed by atoms with E-state index in [2.05, 4.69) is 64.2 Å². The van der Waals surface area contributed by atoms with Gasteiger partial charge in [-0.1, -0.05) is 58.9 Å². The Hall–Kier alpha value is -1.31. The van der Waals surface area contributed by atoms with Crippen LogP contribution in [0.5, 0.6) is 0 Å². The van der Waals surface area contributed by atoms with Gasteiger partial charge >= 0.3 is 0 Å².